The van der Waals surface area contributed by atoms with Crippen molar-refractivity contribution >= 4 is 5.97 Å². The molecule has 0 radical (unpaired) electrons. The predicted molar refractivity (Wildman–Crippen MR) is 114 cm³/mol. The van der Waals surface area contributed by atoms with Crippen molar-refractivity contribution in [3.8, 4) is 0 Å². The topological polar surface area (TPSA) is 87.0 Å². The van der Waals surface area contributed by atoms with Crippen LogP contribution in [0.5, 0.6) is 0 Å². The lowest BCUT2D eigenvalue weighted by atomic mass is 9.43. The number of hydrogen-bond donors (Lipinski definition) is 3. The maximum atomic E-state index is 11.9. The maximum Gasteiger partial charge on any atom is 0.305 e. The number of ether oxygens (including phenoxy) is 1. The Kier molecular flexibility index (Phi) is 5.81. The van der Waals surface area contributed by atoms with Gasteiger partial charge in [0.05, 0.1) is 24.9 Å². The molecule has 4 aliphatic rings. The molecule has 0 saturated heterocycles. The molecule has 4 rings (SSSR count). The van der Waals surface area contributed by atoms with Crippen LogP contribution in [0.15, 0.2) is 0 Å². The Balaban J connectivity index is 1.57. The molecule has 10 atom stereocenters. The quantitative estimate of drug-likeness (QED) is 0.602. The van der Waals surface area contributed by atoms with Crippen LogP contribution in [0, 0.1) is 40.4 Å². The highest BCUT2D eigenvalue weighted by Crippen LogP contribution is 2.69. The molecule has 172 valence electrons. The summed E-state index contributed by atoms with van der Waals surface area (Å²) in [6.45, 7) is 6.74. The third kappa shape index (κ3) is 3.17. The molecule has 0 heterocycles. The molecule has 4 fully saturated rings. The van der Waals surface area contributed by atoms with Gasteiger partial charge in [0.15, 0.2) is 0 Å². The van der Waals surface area contributed by atoms with E-state index in [9.17, 15) is 20.1 Å². The van der Waals surface area contributed by atoms with E-state index < -0.39 is 5.60 Å². The first-order valence-electron chi connectivity index (χ1n) is 12.2. The molecule has 0 unspecified atom stereocenters. The number of carbonyl (C=O) groups excluding carboxylic acids is 1. The molecule has 4 aliphatic carbocycles. The Bertz CT molecular complexity index is 666. The van der Waals surface area contributed by atoms with E-state index in [0.717, 1.165) is 51.4 Å². The maximum absolute atomic E-state index is 11.9. The van der Waals surface area contributed by atoms with E-state index in [1.165, 1.54) is 7.11 Å². The van der Waals surface area contributed by atoms with Crippen LogP contribution >= 0.6 is 0 Å². The summed E-state index contributed by atoms with van der Waals surface area (Å²) in [5.41, 5.74) is -0.830. The fraction of sp³-hybridized carbons (Fsp3) is 0.960. The molecule has 5 nitrogen and oxygen atoms in total. The van der Waals surface area contributed by atoms with Gasteiger partial charge in [0.2, 0.25) is 0 Å². The number of fused-ring (bicyclic) bond motifs is 5. The van der Waals surface area contributed by atoms with E-state index in [0.29, 0.717) is 30.6 Å². The normalized spacial score (nSPS) is 51.4. The van der Waals surface area contributed by atoms with Crippen LogP contribution in [0.3, 0.4) is 0 Å². The number of aliphatic hydroxyl groups excluding tert-OH is 2. The van der Waals surface area contributed by atoms with Gasteiger partial charge in [-0.2, -0.15) is 0 Å². The summed E-state index contributed by atoms with van der Waals surface area (Å²) in [5.74, 6) is 1.47. The Morgan fingerprint density at radius 1 is 1.03 bits per heavy atom. The monoisotopic (exact) mass is 422 g/mol. The van der Waals surface area contributed by atoms with Crippen molar-refractivity contribution in [2.45, 2.75) is 103 Å². The molecule has 0 aromatic heterocycles. The second-order valence-corrected chi connectivity index (χ2v) is 11.7. The SMILES string of the molecule is COC(=O)CC[C@@H](C)[C@@]1(O)CC[C@H]2[C@@H]3C[C@@H](O)[C@@H]4C[C@H](O)CC[C@]4(C)[C@H]3CC[C@@]21C. The molecule has 0 aliphatic heterocycles. The van der Waals surface area contributed by atoms with E-state index in [4.69, 9.17) is 4.74 Å². The zero-order chi connectivity index (χ0) is 21.9. The zero-order valence-corrected chi connectivity index (χ0v) is 19.3. The first-order valence-corrected chi connectivity index (χ1v) is 12.2. The Morgan fingerprint density at radius 3 is 2.43 bits per heavy atom. The summed E-state index contributed by atoms with van der Waals surface area (Å²) in [6, 6.07) is 0. The molecule has 0 bridgehead atoms. The van der Waals surface area contributed by atoms with E-state index in [1.807, 2.05) is 0 Å². The molecule has 5 heteroatoms. The number of methoxy groups -OCH3 is 1. The van der Waals surface area contributed by atoms with Crippen molar-refractivity contribution in [3.05, 3.63) is 0 Å². The van der Waals surface area contributed by atoms with Crippen LogP contribution in [-0.2, 0) is 9.53 Å². The van der Waals surface area contributed by atoms with Gasteiger partial charge in [-0.3, -0.25) is 4.79 Å². The van der Waals surface area contributed by atoms with Crippen molar-refractivity contribution in [2.24, 2.45) is 40.4 Å². The van der Waals surface area contributed by atoms with Gasteiger partial charge in [0.25, 0.3) is 0 Å². The lowest BCUT2D eigenvalue weighted by molar-refractivity contribution is -0.196. The average Bonchev–Trinajstić information content (AvgIpc) is 2.99. The van der Waals surface area contributed by atoms with E-state index >= 15 is 0 Å². The molecule has 0 amide bonds. The summed E-state index contributed by atoms with van der Waals surface area (Å²) in [4.78, 5) is 11.7. The minimum absolute atomic E-state index is 0.0461. The standard InChI is InChI=1S/C25H42O5/c1-15(5-6-22(28)30-4)25(29)12-9-19-17-14-21(27)20-13-16(26)7-10-23(20,2)18(17)8-11-24(19,25)3/h15-21,26-27,29H,5-14H2,1-4H3/t15-,16-,17-,18+,19+,20+,21-,23-,24+,25+/m1/s1. The van der Waals surface area contributed by atoms with Crippen LogP contribution in [0.1, 0.15) is 85.0 Å². The molecule has 3 N–H and O–H groups in total. The number of rotatable bonds is 4. The summed E-state index contributed by atoms with van der Waals surface area (Å²) >= 11 is 0. The first kappa shape index (κ1) is 22.5. The van der Waals surface area contributed by atoms with E-state index in [2.05, 4.69) is 20.8 Å². The van der Waals surface area contributed by atoms with Gasteiger partial charge in [0.1, 0.15) is 0 Å². The largest absolute Gasteiger partial charge is 0.469 e. The van der Waals surface area contributed by atoms with Crippen molar-refractivity contribution < 1.29 is 24.9 Å². The minimum atomic E-state index is -0.762. The zero-order valence-electron chi connectivity index (χ0n) is 19.3. The molecule has 0 spiro atoms. The van der Waals surface area contributed by atoms with Gasteiger partial charge in [-0.25, -0.2) is 0 Å². The van der Waals surface area contributed by atoms with Crippen molar-refractivity contribution in [2.75, 3.05) is 7.11 Å². The summed E-state index contributed by atoms with van der Waals surface area (Å²) in [5, 5.41) is 33.3. The van der Waals surface area contributed by atoms with Gasteiger partial charge in [-0.1, -0.05) is 20.8 Å². The predicted octanol–water partition coefficient (Wildman–Crippen LogP) is 3.68. The molecular weight excluding hydrogens is 380 g/mol. The van der Waals surface area contributed by atoms with E-state index in [1.54, 1.807) is 0 Å². The lowest BCUT2D eigenvalue weighted by Crippen LogP contribution is -2.60. The molecule has 0 aromatic rings. The number of hydrogen-bond acceptors (Lipinski definition) is 5. The van der Waals surface area contributed by atoms with Crippen molar-refractivity contribution in [1.82, 2.24) is 0 Å². The minimum Gasteiger partial charge on any atom is -0.469 e. The van der Waals surface area contributed by atoms with Gasteiger partial charge < -0.3 is 20.1 Å². The number of carbonyl (C=O) groups is 1. The highest BCUT2D eigenvalue weighted by molar-refractivity contribution is 5.69. The van der Waals surface area contributed by atoms with Crippen LogP contribution in [-0.4, -0.2) is 46.2 Å². The third-order valence-corrected chi connectivity index (χ3v) is 10.7. The summed E-state index contributed by atoms with van der Waals surface area (Å²) in [7, 11) is 1.42. The highest BCUT2D eigenvalue weighted by atomic mass is 16.5. The van der Waals surface area contributed by atoms with Gasteiger partial charge in [-0.15, -0.1) is 0 Å². The lowest BCUT2D eigenvalue weighted by Gasteiger charge is -2.63. The van der Waals surface area contributed by atoms with Crippen LogP contribution in [0.2, 0.25) is 0 Å². The fourth-order valence-corrected chi connectivity index (χ4v) is 8.81. The molecular formula is C25H42O5. The van der Waals surface area contributed by atoms with Crippen molar-refractivity contribution in [3.63, 3.8) is 0 Å². The Hall–Kier alpha value is -0.650. The number of aliphatic hydroxyl groups is 3. The van der Waals surface area contributed by atoms with Gasteiger partial charge in [0, 0.05) is 6.42 Å². The van der Waals surface area contributed by atoms with Crippen molar-refractivity contribution in [1.29, 1.82) is 0 Å². The highest BCUT2D eigenvalue weighted by Gasteiger charge is 2.66. The fourth-order valence-electron chi connectivity index (χ4n) is 8.81. The number of esters is 1. The Labute approximate surface area is 181 Å². The molecule has 4 saturated carbocycles. The first-order chi connectivity index (χ1) is 14.1. The smallest absolute Gasteiger partial charge is 0.305 e. The second-order valence-electron chi connectivity index (χ2n) is 11.7. The van der Waals surface area contributed by atoms with Crippen LogP contribution in [0.25, 0.3) is 0 Å². The average molecular weight is 423 g/mol. The third-order valence-electron chi connectivity index (χ3n) is 10.7. The van der Waals surface area contributed by atoms with Crippen LogP contribution in [0.4, 0.5) is 0 Å². The van der Waals surface area contributed by atoms with Gasteiger partial charge >= 0.3 is 5.97 Å². The van der Waals surface area contributed by atoms with Crippen LogP contribution < -0.4 is 0 Å². The molecule has 0 aromatic carbocycles. The van der Waals surface area contributed by atoms with E-state index in [-0.39, 0.29) is 40.8 Å². The summed E-state index contributed by atoms with van der Waals surface area (Å²) < 4.78 is 4.81. The Morgan fingerprint density at radius 2 is 1.73 bits per heavy atom. The van der Waals surface area contributed by atoms with Gasteiger partial charge in [-0.05, 0) is 98.2 Å². The second kappa shape index (κ2) is 7.74. The molecule has 30 heavy (non-hydrogen) atoms. The summed E-state index contributed by atoms with van der Waals surface area (Å²) in [6.07, 6.45) is 7.68.